The van der Waals surface area contributed by atoms with Gasteiger partial charge in [0.1, 0.15) is 30.5 Å². The maximum absolute atomic E-state index is 12.7. The molecule has 0 spiro atoms. The smallest absolute Gasteiger partial charge is 0.364 e. The van der Waals surface area contributed by atoms with Gasteiger partial charge in [0, 0.05) is 39.3 Å². The number of aryl methyl sites for hydroxylation is 1. The van der Waals surface area contributed by atoms with E-state index in [1.54, 1.807) is 9.80 Å². The second-order valence-corrected chi connectivity index (χ2v) is 12.2. The van der Waals surface area contributed by atoms with Crippen molar-refractivity contribution in [2.75, 3.05) is 85.9 Å². The average molecular weight is 700 g/mol. The monoisotopic (exact) mass is 699 g/mol. The topological polar surface area (TPSA) is 222 Å². The second-order valence-electron chi connectivity index (χ2n) is 12.2. The minimum absolute atomic E-state index is 0.0132. The third-order valence-corrected chi connectivity index (χ3v) is 9.08. The first-order valence-corrected chi connectivity index (χ1v) is 16.9. The molecule has 16 nitrogen and oxygen atoms in total. The van der Waals surface area contributed by atoms with Crippen molar-refractivity contribution in [1.82, 2.24) is 14.7 Å². The number of aliphatic hydroxyl groups excluding tert-OH is 3. The van der Waals surface area contributed by atoms with E-state index in [4.69, 9.17) is 9.47 Å². The first kappa shape index (κ1) is 41.8. The third kappa shape index (κ3) is 13.5. The van der Waals surface area contributed by atoms with Crippen molar-refractivity contribution in [2.24, 2.45) is 0 Å². The Kier molecular flexibility index (Phi) is 19.1. The number of methoxy groups -OCH3 is 1. The standard InChI is InChI=1S/C33H54N4O12/c1-3-4-19-49-25-9-5-7-24(20-25)8-6-10-26(30(41)42)34-11-13-35(27(21-38)31(43)44)14-15-36(28(22-39)32(45)46)16-18-37(17-12-34)29(23-40)33(47)48-2/h5,7,9,20,26-29,38-40H,3-4,6,8,10-19,21-23H2,1-2H3,(H,41,42)(H,43,44)(H,45,46)/p+1/t26-,27-,28-,29-/m0/s1. The zero-order valence-corrected chi connectivity index (χ0v) is 28.6. The molecule has 1 aliphatic rings. The van der Waals surface area contributed by atoms with Crippen LogP contribution in [0.25, 0.3) is 0 Å². The van der Waals surface area contributed by atoms with Crippen LogP contribution in [0.15, 0.2) is 24.3 Å². The van der Waals surface area contributed by atoms with E-state index in [-0.39, 0.29) is 58.8 Å². The number of rotatable bonds is 19. The molecule has 16 heteroatoms. The summed E-state index contributed by atoms with van der Waals surface area (Å²) in [5.41, 5.74) is 0.995. The molecular weight excluding hydrogens is 644 g/mol. The predicted octanol–water partition coefficient (Wildman–Crippen LogP) is -2.13. The SMILES string of the molecule is CCCCOc1cccc(CCC[C@@H](C(=O)O)N2CCN([C@@H](CO)C(=O)O)CC[NH+]([C@@H](CO)C(=O)O)CCN([C@@H](CO)C(=O)OC)CC2)c1. The molecular formula is C33H55N4O12+. The Hall–Kier alpha value is -3.38. The molecule has 49 heavy (non-hydrogen) atoms. The molecule has 0 saturated carbocycles. The van der Waals surface area contributed by atoms with E-state index >= 15 is 0 Å². The van der Waals surface area contributed by atoms with Gasteiger partial charge in [-0.2, -0.15) is 0 Å². The number of aliphatic carboxylic acids is 3. The summed E-state index contributed by atoms with van der Waals surface area (Å²) in [6, 6.07) is 3.00. The lowest BCUT2D eigenvalue weighted by Crippen LogP contribution is -3.18. The number of carboxylic acid groups (broad SMARTS) is 3. The van der Waals surface area contributed by atoms with Crippen LogP contribution in [0.5, 0.6) is 5.75 Å². The molecule has 1 fully saturated rings. The van der Waals surface area contributed by atoms with Crippen molar-refractivity contribution in [2.45, 2.75) is 63.2 Å². The molecule has 1 unspecified atom stereocenters. The molecule has 1 heterocycles. The molecule has 1 aromatic carbocycles. The molecule has 0 aromatic heterocycles. The lowest BCUT2D eigenvalue weighted by atomic mass is 10.0. The Labute approximate surface area is 287 Å². The Morgan fingerprint density at radius 2 is 1.35 bits per heavy atom. The van der Waals surface area contributed by atoms with Crippen LogP contribution in [0.1, 0.15) is 38.2 Å². The van der Waals surface area contributed by atoms with E-state index in [2.05, 4.69) is 6.92 Å². The summed E-state index contributed by atoms with van der Waals surface area (Å²) in [6.45, 7) is 1.20. The highest BCUT2D eigenvalue weighted by atomic mass is 16.5. The summed E-state index contributed by atoms with van der Waals surface area (Å²) in [7, 11) is 1.18. The molecule has 0 amide bonds. The zero-order chi connectivity index (χ0) is 36.3. The van der Waals surface area contributed by atoms with Gasteiger partial charge in [-0.15, -0.1) is 0 Å². The van der Waals surface area contributed by atoms with Gasteiger partial charge >= 0.3 is 23.9 Å². The second kappa shape index (κ2) is 22.4. The van der Waals surface area contributed by atoms with Crippen molar-refractivity contribution in [3.8, 4) is 5.75 Å². The summed E-state index contributed by atoms with van der Waals surface area (Å²) >= 11 is 0. The molecule has 7 N–H and O–H groups in total. The molecule has 1 aromatic rings. The molecule has 0 radical (unpaired) electrons. The van der Waals surface area contributed by atoms with Crippen LogP contribution in [0.3, 0.4) is 0 Å². The number of quaternary nitrogens is 1. The van der Waals surface area contributed by atoms with Gasteiger partial charge < -0.3 is 45.0 Å². The predicted molar refractivity (Wildman–Crippen MR) is 177 cm³/mol. The van der Waals surface area contributed by atoms with Crippen LogP contribution in [0.4, 0.5) is 0 Å². The van der Waals surface area contributed by atoms with Gasteiger partial charge in [-0.05, 0) is 43.4 Å². The summed E-state index contributed by atoms with van der Waals surface area (Å²) in [5, 5.41) is 60.0. The number of ether oxygens (including phenoxy) is 2. The van der Waals surface area contributed by atoms with E-state index in [1.165, 1.54) is 12.0 Å². The number of carbonyl (C=O) groups excluding carboxylic acids is 1. The van der Waals surface area contributed by atoms with Crippen molar-refractivity contribution < 1.29 is 64.2 Å². The number of benzene rings is 1. The first-order valence-electron chi connectivity index (χ1n) is 16.9. The largest absolute Gasteiger partial charge is 0.494 e. The number of nitrogens with one attached hydrogen (secondary N) is 1. The molecule has 0 bridgehead atoms. The van der Waals surface area contributed by atoms with Crippen LogP contribution in [0, 0.1) is 0 Å². The summed E-state index contributed by atoms with van der Waals surface area (Å²) in [5.74, 6) is -3.59. The highest BCUT2D eigenvalue weighted by Crippen LogP contribution is 2.18. The fourth-order valence-electron chi connectivity index (χ4n) is 6.13. The number of esters is 1. The third-order valence-electron chi connectivity index (χ3n) is 9.08. The van der Waals surface area contributed by atoms with E-state index in [0.717, 1.165) is 24.2 Å². The normalized spacial score (nSPS) is 19.8. The number of carboxylic acids is 3. The molecule has 5 atom stereocenters. The van der Waals surface area contributed by atoms with Gasteiger partial charge in [0.2, 0.25) is 6.04 Å². The van der Waals surface area contributed by atoms with Crippen LogP contribution in [0.2, 0.25) is 0 Å². The van der Waals surface area contributed by atoms with Gasteiger partial charge in [0.25, 0.3) is 0 Å². The summed E-state index contributed by atoms with van der Waals surface area (Å²) < 4.78 is 10.7. The Balaban J connectivity index is 2.39. The van der Waals surface area contributed by atoms with Gasteiger partial charge in [-0.1, -0.05) is 25.5 Å². The van der Waals surface area contributed by atoms with E-state index < -0.39 is 67.9 Å². The Morgan fingerprint density at radius 1 is 0.776 bits per heavy atom. The number of carbonyl (C=O) groups is 4. The number of hydrogen-bond acceptors (Lipinski definition) is 12. The van der Waals surface area contributed by atoms with Crippen LogP contribution >= 0.6 is 0 Å². The lowest BCUT2D eigenvalue weighted by Gasteiger charge is -2.38. The minimum Gasteiger partial charge on any atom is -0.494 e. The Bertz CT molecular complexity index is 1170. The minimum atomic E-state index is -1.33. The van der Waals surface area contributed by atoms with Crippen molar-refractivity contribution in [3.05, 3.63) is 29.8 Å². The Morgan fingerprint density at radius 3 is 1.84 bits per heavy atom. The fourth-order valence-corrected chi connectivity index (χ4v) is 6.13. The number of nitrogens with zero attached hydrogens (tertiary/aromatic N) is 3. The van der Waals surface area contributed by atoms with Gasteiger partial charge in [-0.25, -0.2) is 4.79 Å². The van der Waals surface area contributed by atoms with Crippen molar-refractivity contribution in [1.29, 1.82) is 0 Å². The number of aliphatic hydroxyl groups is 3. The van der Waals surface area contributed by atoms with E-state index in [0.29, 0.717) is 24.3 Å². The van der Waals surface area contributed by atoms with Gasteiger partial charge in [0.15, 0.2) is 0 Å². The molecule has 278 valence electrons. The molecule has 2 rings (SSSR count). The molecule has 1 aliphatic heterocycles. The first-order chi connectivity index (χ1) is 23.5. The highest BCUT2D eigenvalue weighted by Gasteiger charge is 2.36. The highest BCUT2D eigenvalue weighted by molar-refractivity contribution is 5.76. The summed E-state index contributed by atoms with van der Waals surface area (Å²) in [4.78, 5) is 54.7. The van der Waals surface area contributed by atoms with Crippen molar-refractivity contribution in [3.63, 3.8) is 0 Å². The number of hydrogen-bond donors (Lipinski definition) is 7. The zero-order valence-electron chi connectivity index (χ0n) is 28.6. The quantitative estimate of drug-likeness (QED) is 0.0606. The lowest BCUT2D eigenvalue weighted by molar-refractivity contribution is -0.916. The summed E-state index contributed by atoms with van der Waals surface area (Å²) in [6.07, 6.45) is 3.32. The average Bonchev–Trinajstić information content (AvgIpc) is 3.06. The van der Waals surface area contributed by atoms with Gasteiger partial charge in [0.05, 0.1) is 40.0 Å². The van der Waals surface area contributed by atoms with E-state index in [1.807, 2.05) is 24.3 Å². The van der Waals surface area contributed by atoms with Crippen LogP contribution in [-0.2, 0) is 30.3 Å². The van der Waals surface area contributed by atoms with Crippen molar-refractivity contribution >= 4 is 23.9 Å². The van der Waals surface area contributed by atoms with E-state index in [9.17, 15) is 49.8 Å². The maximum atomic E-state index is 12.7. The van der Waals surface area contributed by atoms with Crippen LogP contribution < -0.4 is 9.64 Å². The fraction of sp³-hybridized carbons (Fsp3) is 0.697. The number of unbranched alkanes of at least 4 members (excludes halogenated alkanes) is 1. The molecule has 0 aliphatic carbocycles. The molecule has 1 saturated heterocycles. The maximum Gasteiger partial charge on any atom is 0.364 e. The van der Waals surface area contributed by atoms with Gasteiger partial charge in [-0.3, -0.25) is 29.1 Å². The van der Waals surface area contributed by atoms with Crippen LogP contribution in [-0.4, -0.2) is 179 Å².